The van der Waals surface area contributed by atoms with Crippen molar-refractivity contribution in [2.75, 3.05) is 11.9 Å². The van der Waals surface area contributed by atoms with Crippen LogP contribution in [0.3, 0.4) is 0 Å². The molecule has 0 fully saturated rings. The molecular formula is C20H24N6O2. The van der Waals surface area contributed by atoms with Gasteiger partial charge in [0.2, 0.25) is 11.9 Å². The molecule has 0 bridgehead atoms. The van der Waals surface area contributed by atoms with Gasteiger partial charge < -0.3 is 0 Å². The van der Waals surface area contributed by atoms with Crippen molar-refractivity contribution >= 4 is 17.6 Å². The summed E-state index contributed by atoms with van der Waals surface area (Å²) < 4.78 is 1.25. The fourth-order valence-electron chi connectivity index (χ4n) is 3.59. The van der Waals surface area contributed by atoms with E-state index < -0.39 is 0 Å². The number of rotatable bonds is 7. The third-order valence-corrected chi connectivity index (χ3v) is 4.93. The van der Waals surface area contributed by atoms with Crippen molar-refractivity contribution in [3.63, 3.8) is 0 Å². The number of hydrogen-bond donors (Lipinski definition) is 2. The molecule has 1 aliphatic rings. The van der Waals surface area contributed by atoms with Crippen LogP contribution in [-0.2, 0) is 24.3 Å². The van der Waals surface area contributed by atoms with Crippen LogP contribution in [0.1, 0.15) is 43.0 Å². The molecule has 4 rings (SSSR count). The van der Waals surface area contributed by atoms with Crippen molar-refractivity contribution < 1.29 is 4.79 Å². The fourth-order valence-corrected chi connectivity index (χ4v) is 3.59. The van der Waals surface area contributed by atoms with E-state index >= 15 is 0 Å². The molecule has 8 nitrogen and oxygen atoms in total. The Kier molecular flexibility index (Phi) is 5.21. The molecule has 28 heavy (non-hydrogen) atoms. The number of benzene rings is 1. The minimum absolute atomic E-state index is 0.127. The zero-order chi connectivity index (χ0) is 19.5. The topological polar surface area (TPSA) is 95.4 Å². The van der Waals surface area contributed by atoms with E-state index in [4.69, 9.17) is 0 Å². The van der Waals surface area contributed by atoms with E-state index in [2.05, 4.69) is 49.5 Å². The normalized spacial score (nSPS) is 13.8. The Morgan fingerprint density at radius 1 is 1.21 bits per heavy atom. The molecule has 1 amide bonds. The van der Waals surface area contributed by atoms with Crippen LogP contribution in [0.15, 0.2) is 35.1 Å². The lowest BCUT2D eigenvalue weighted by atomic mass is 10.1. The Balaban J connectivity index is 1.30. The van der Waals surface area contributed by atoms with Gasteiger partial charge in [0.1, 0.15) is 0 Å². The summed E-state index contributed by atoms with van der Waals surface area (Å²) in [6, 6.07) is 9.94. The van der Waals surface area contributed by atoms with E-state index in [9.17, 15) is 9.59 Å². The Labute approximate surface area is 162 Å². The highest BCUT2D eigenvalue weighted by molar-refractivity contribution is 5.89. The Hall–Kier alpha value is -3.00. The van der Waals surface area contributed by atoms with Crippen molar-refractivity contribution in [1.82, 2.24) is 24.5 Å². The summed E-state index contributed by atoms with van der Waals surface area (Å²) in [5.41, 5.74) is 3.22. The summed E-state index contributed by atoms with van der Waals surface area (Å²) in [5, 5.41) is 5.52. The molecule has 1 aromatic carbocycles. The number of anilines is 1. The lowest BCUT2D eigenvalue weighted by Gasteiger charge is -2.13. The summed E-state index contributed by atoms with van der Waals surface area (Å²) in [5.74, 6) is 0.399. The first-order valence-electron chi connectivity index (χ1n) is 9.70. The van der Waals surface area contributed by atoms with Gasteiger partial charge in [0.05, 0.1) is 5.69 Å². The zero-order valence-corrected chi connectivity index (χ0v) is 15.9. The van der Waals surface area contributed by atoms with Crippen LogP contribution in [0.4, 0.5) is 5.95 Å². The molecule has 146 valence electrons. The van der Waals surface area contributed by atoms with Gasteiger partial charge in [-0.15, -0.1) is 0 Å². The Bertz CT molecular complexity index is 1030. The standard InChI is InChI=1S/C20H24N6O2/c1-2-6-16-11-18(28)26-20(21-16)23-19(24-26)22-17(27)9-5-10-25-12-14-7-3-4-8-15(14)13-25/h3-4,7-8,11H,2,5-6,9-10,12-13H2,1H3,(H2,21,22,23,24,27). The van der Waals surface area contributed by atoms with Crippen LogP contribution >= 0.6 is 0 Å². The smallest absolute Gasteiger partial charge is 0.274 e. The van der Waals surface area contributed by atoms with Crippen LogP contribution in [0.5, 0.6) is 0 Å². The predicted octanol–water partition coefficient (Wildman–Crippen LogP) is 2.10. The third kappa shape index (κ3) is 3.96. The number of fused-ring (bicyclic) bond motifs is 2. The second kappa shape index (κ2) is 7.93. The highest BCUT2D eigenvalue weighted by Crippen LogP contribution is 2.22. The van der Waals surface area contributed by atoms with E-state index in [1.807, 2.05) is 6.92 Å². The highest BCUT2D eigenvalue weighted by atomic mass is 16.2. The van der Waals surface area contributed by atoms with Crippen molar-refractivity contribution in [3.05, 3.63) is 57.5 Å². The second-order valence-electron chi connectivity index (χ2n) is 7.17. The molecule has 0 saturated carbocycles. The molecule has 0 unspecified atom stereocenters. The number of hydrogen-bond acceptors (Lipinski definition) is 5. The first kappa shape index (κ1) is 18.4. The first-order valence-corrected chi connectivity index (χ1v) is 9.70. The number of aromatic amines is 1. The van der Waals surface area contributed by atoms with Crippen LogP contribution in [0.25, 0.3) is 5.78 Å². The second-order valence-corrected chi connectivity index (χ2v) is 7.17. The van der Waals surface area contributed by atoms with Gasteiger partial charge in [-0.2, -0.15) is 9.50 Å². The van der Waals surface area contributed by atoms with Gasteiger partial charge in [-0.25, -0.2) is 4.98 Å². The molecular weight excluding hydrogens is 356 g/mol. The van der Waals surface area contributed by atoms with Crippen molar-refractivity contribution in [3.8, 4) is 0 Å². The number of aryl methyl sites for hydroxylation is 1. The monoisotopic (exact) mass is 380 g/mol. The summed E-state index contributed by atoms with van der Waals surface area (Å²) in [7, 11) is 0. The lowest BCUT2D eigenvalue weighted by Crippen LogP contribution is -2.20. The number of amides is 1. The van der Waals surface area contributed by atoms with Gasteiger partial charge in [-0.1, -0.05) is 37.6 Å². The summed E-state index contributed by atoms with van der Waals surface area (Å²) in [6.45, 7) is 4.77. The van der Waals surface area contributed by atoms with Crippen LogP contribution < -0.4 is 10.9 Å². The fraction of sp³-hybridized carbons (Fsp3) is 0.400. The predicted molar refractivity (Wildman–Crippen MR) is 106 cm³/mol. The van der Waals surface area contributed by atoms with E-state index in [0.717, 1.165) is 38.9 Å². The van der Waals surface area contributed by atoms with E-state index in [-0.39, 0.29) is 23.2 Å². The van der Waals surface area contributed by atoms with Crippen LogP contribution in [-0.4, -0.2) is 36.9 Å². The molecule has 0 saturated heterocycles. The summed E-state index contributed by atoms with van der Waals surface area (Å²) in [6.07, 6.45) is 2.78. The van der Waals surface area contributed by atoms with Gasteiger partial charge in [-0.05, 0) is 30.5 Å². The molecule has 0 spiro atoms. The third-order valence-electron chi connectivity index (χ3n) is 4.93. The summed E-state index contributed by atoms with van der Waals surface area (Å²) >= 11 is 0. The number of carbonyl (C=O) groups excluding carboxylic acids is 1. The van der Waals surface area contributed by atoms with Crippen LogP contribution in [0, 0.1) is 0 Å². The van der Waals surface area contributed by atoms with E-state index in [1.54, 1.807) is 0 Å². The summed E-state index contributed by atoms with van der Waals surface area (Å²) in [4.78, 5) is 35.3. The molecule has 1 aliphatic heterocycles. The number of H-pyrrole nitrogens is 1. The molecule has 3 heterocycles. The van der Waals surface area contributed by atoms with Gasteiger partial charge in [0.25, 0.3) is 11.3 Å². The number of nitrogens with one attached hydrogen (secondary N) is 2. The van der Waals surface area contributed by atoms with Crippen molar-refractivity contribution in [2.24, 2.45) is 0 Å². The van der Waals surface area contributed by atoms with Gasteiger partial charge in [-0.3, -0.25) is 24.9 Å². The van der Waals surface area contributed by atoms with E-state index in [0.29, 0.717) is 12.1 Å². The van der Waals surface area contributed by atoms with Crippen molar-refractivity contribution in [2.45, 2.75) is 45.7 Å². The average Bonchev–Trinajstić information content (AvgIpc) is 3.25. The van der Waals surface area contributed by atoms with Gasteiger partial charge in [0, 0.05) is 25.6 Å². The Morgan fingerprint density at radius 3 is 2.68 bits per heavy atom. The molecule has 2 N–H and O–H groups in total. The average molecular weight is 380 g/mol. The van der Waals surface area contributed by atoms with Crippen molar-refractivity contribution in [1.29, 1.82) is 0 Å². The molecule has 8 heteroatoms. The zero-order valence-electron chi connectivity index (χ0n) is 15.9. The van der Waals surface area contributed by atoms with E-state index in [1.165, 1.54) is 21.7 Å². The lowest BCUT2D eigenvalue weighted by molar-refractivity contribution is -0.116. The number of nitrogens with zero attached hydrogens (tertiary/aromatic N) is 4. The SMILES string of the molecule is CCCc1cc(=O)n2[nH]c(NC(=O)CCCN3Cc4ccccc4C3)nc2n1. The Morgan fingerprint density at radius 2 is 1.96 bits per heavy atom. The number of carbonyl (C=O) groups is 1. The number of aromatic nitrogens is 4. The minimum atomic E-state index is -0.227. The molecule has 2 aromatic heterocycles. The van der Waals surface area contributed by atoms with Crippen LogP contribution in [0.2, 0.25) is 0 Å². The largest absolute Gasteiger partial charge is 0.295 e. The molecule has 0 radical (unpaired) electrons. The quantitative estimate of drug-likeness (QED) is 0.654. The molecule has 0 aliphatic carbocycles. The maximum atomic E-state index is 12.2. The van der Waals surface area contributed by atoms with Gasteiger partial charge in [0.15, 0.2) is 0 Å². The van der Waals surface area contributed by atoms with Gasteiger partial charge >= 0.3 is 0 Å². The highest BCUT2D eigenvalue weighted by Gasteiger charge is 2.18. The minimum Gasteiger partial charge on any atom is -0.295 e. The molecule has 3 aromatic rings. The molecule has 0 atom stereocenters. The first-order chi connectivity index (χ1) is 13.6. The maximum Gasteiger partial charge on any atom is 0.274 e. The maximum absolute atomic E-state index is 12.2.